The number of nitrogens with two attached hydrogens (primary N) is 1. The maximum absolute atomic E-state index is 10.5. The third-order valence-electron chi connectivity index (χ3n) is 2.39. The molecular formula is C7H16NO8P. The Hall–Kier alpha value is -0.0900. The van der Waals surface area contributed by atoms with E-state index in [2.05, 4.69) is 4.52 Å². The minimum Gasteiger partial charge on any atom is -0.388 e. The standard InChI is InChI=1S/C7H16NO8P/c1-14-7-4(8)6(10)5(9)3(16-7)2-15-17(11,12)13/h3-7,9-10H,2,8H2,1H3,(H2,11,12,13)/t3-,4-,5-,6-,7-/m1/s1. The molecular weight excluding hydrogens is 257 g/mol. The molecule has 17 heavy (non-hydrogen) atoms. The summed E-state index contributed by atoms with van der Waals surface area (Å²) < 4.78 is 24.6. The fraction of sp³-hybridized carbons (Fsp3) is 1.00. The Morgan fingerprint density at radius 1 is 1.35 bits per heavy atom. The van der Waals surface area contributed by atoms with Gasteiger partial charge in [-0.15, -0.1) is 0 Å². The lowest BCUT2D eigenvalue weighted by molar-refractivity contribution is -0.256. The largest absolute Gasteiger partial charge is 0.469 e. The number of ether oxygens (including phenoxy) is 2. The van der Waals surface area contributed by atoms with Gasteiger partial charge in [0.2, 0.25) is 0 Å². The van der Waals surface area contributed by atoms with Gasteiger partial charge in [0.05, 0.1) is 12.6 Å². The molecule has 1 rings (SSSR count). The molecule has 1 aliphatic rings. The van der Waals surface area contributed by atoms with E-state index in [4.69, 9.17) is 25.0 Å². The van der Waals surface area contributed by atoms with Crippen LogP contribution in [0.25, 0.3) is 0 Å². The van der Waals surface area contributed by atoms with Gasteiger partial charge in [-0.05, 0) is 0 Å². The number of hydrogen-bond acceptors (Lipinski definition) is 7. The van der Waals surface area contributed by atoms with Crippen LogP contribution in [0.3, 0.4) is 0 Å². The van der Waals surface area contributed by atoms with E-state index in [1.54, 1.807) is 0 Å². The van der Waals surface area contributed by atoms with Gasteiger partial charge in [0.25, 0.3) is 0 Å². The lowest BCUT2D eigenvalue weighted by atomic mass is 9.98. The molecule has 0 unspecified atom stereocenters. The third kappa shape index (κ3) is 3.95. The highest BCUT2D eigenvalue weighted by Gasteiger charge is 2.43. The molecule has 1 heterocycles. The van der Waals surface area contributed by atoms with Gasteiger partial charge < -0.3 is 35.2 Å². The molecule has 6 N–H and O–H groups in total. The molecule has 0 bridgehead atoms. The fourth-order valence-electron chi connectivity index (χ4n) is 1.47. The molecule has 0 saturated carbocycles. The topological polar surface area (TPSA) is 152 Å². The Morgan fingerprint density at radius 2 is 1.94 bits per heavy atom. The predicted molar refractivity (Wildman–Crippen MR) is 53.7 cm³/mol. The maximum Gasteiger partial charge on any atom is 0.469 e. The van der Waals surface area contributed by atoms with Crippen molar-refractivity contribution in [1.29, 1.82) is 0 Å². The van der Waals surface area contributed by atoms with Gasteiger partial charge in [-0.1, -0.05) is 0 Å². The molecule has 0 spiro atoms. The molecule has 0 radical (unpaired) electrons. The monoisotopic (exact) mass is 273 g/mol. The van der Waals surface area contributed by atoms with Gasteiger partial charge in [0, 0.05) is 7.11 Å². The first-order valence-corrected chi connectivity index (χ1v) is 6.29. The van der Waals surface area contributed by atoms with E-state index in [1.807, 2.05) is 0 Å². The summed E-state index contributed by atoms with van der Waals surface area (Å²) in [6.45, 7) is -0.588. The van der Waals surface area contributed by atoms with Crippen LogP contribution >= 0.6 is 7.82 Å². The summed E-state index contributed by atoms with van der Waals surface area (Å²) in [6.07, 6.45) is -4.87. The second kappa shape index (κ2) is 5.70. The van der Waals surface area contributed by atoms with Gasteiger partial charge in [0.1, 0.15) is 18.3 Å². The molecule has 9 nitrogen and oxygen atoms in total. The summed E-state index contributed by atoms with van der Waals surface area (Å²) in [5, 5.41) is 19.1. The molecule has 0 aromatic heterocycles. The minimum absolute atomic E-state index is 0.588. The number of phosphoric acid groups is 1. The van der Waals surface area contributed by atoms with Crippen molar-refractivity contribution in [1.82, 2.24) is 0 Å². The molecule has 102 valence electrons. The molecule has 0 aromatic rings. The quantitative estimate of drug-likeness (QED) is 0.350. The number of aliphatic hydroxyl groups is 2. The van der Waals surface area contributed by atoms with Crippen molar-refractivity contribution in [2.75, 3.05) is 13.7 Å². The van der Waals surface area contributed by atoms with Crippen molar-refractivity contribution in [2.45, 2.75) is 30.6 Å². The second-order valence-corrected chi connectivity index (χ2v) is 4.86. The average molecular weight is 273 g/mol. The Labute approximate surface area is 97.3 Å². The van der Waals surface area contributed by atoms with E-state index < -0.39 is 45.1 Å². The summed E-state index contributed by atoms with van der Waals surface area (Å²) in [6, 6.07) is -0.957. The SMILES string of the molecule is CO[C@@H]1O[C@H](COP(=O)(O)O)[C@@H](O)[C@H](O)[C@H]1N. The van der Waals surface area contributed by atoms with Crippen LogP contribution in [-0.4, -0.2) is 64.4 Å². The number of methoxy groups -OCH3 is 1. The first-order valence-electron chi connectivity index (χ1n) is 4.76. The van der Waals surface area contributed by atoms with Crippen molar-refractivity contribution in [3.63, 3.8) is 0 Å². The first kappa shape index (κ1) is 15.0. The van der Waals surface area contributed by atoms with Gasteiger partial charge in [-0.3, -0.25) is 4.52 Å². The average Bonchev–Trinajstić information content (AvgIpc) is 2.24. The molecule has 0 amide bonds. The van der Waals surface area contributed by atoms with Gasteiger partial charge in [-0.25, -0.2) is 4.57 Å². The fourth-order valence-corrected chi connectivity index (χ4v) is 1.81. The number of aliphatic hydroxyl groups excluding tert-OH is 2. The normalized spacial score (nSPS) is 39.3. The minimum atomic E-state index is -4.67. The molecule has 1 aliphatic heterocycles. The van der Waals surface area contributed by atoms with Crippen molar-refractivity contribution in [3.05, 3.63) is 0 Å². The van der Waals surface area contributed by atoms with E-state index in [0.717, 1.165) is 0 Å². The van der Waals surface area contributed by atoms with Crippen LogP contribution in [0.15, 0.2) is 0 Å². The molecule has 10 heteroatoms. The van der Waals surface area contributed by atoms with Gasteiger partial charge >= 0.3 is 7.82 Å². The number of phosphoric ester groups is 1. The highest BCUT2D eigenvalue weighted by Crippen LogP contribution is 2.36. The first-order chi connectivity index (χ1) is 7.76. The van der Waals surface area contributed by atoms with Crippen LogP contribution in [0.2, 0.25) is 0 Å². The smallest absolute Gasteiger partial charge is 0.388 e. The van der Waals surface area contributed by atoms with Crippen LogP contribution in [-0.2, 0) is 18.6 Å². The van der Waals surface area contributed by atoms with Crippen molar-refractivity contribution >= 4 is 7.82 Å². The number of rotatable bonds is 4. The summed E-state index contributed by atoms with van der Waals surface area (Å²) in [5.41, 5.74) is 5.51. The van der Waals surface area contributed by atoms with Crippen molar-refractivity contribution in [3.8, 4) is 0 Å². The Morgan fingerprint density at radius 3 is 2.41 bits per heavy atom. The van der Waals surface area contributed by atoms with E-state index >= 15 is 0 Å². The van der Waals surface area contributed by atoms with Crippen LogP contribution in [0, 0.1) is 0 Å². The summed E-state index contributed by atoms with van der Waals surface area (Å²) >= 11 is 0. The Bertz CT molecular complexity index is 294. The highest BCUT2D eigenvalue weighted by molar-refractivity contribution is 7.46. The van der Waals surface area contributed by atoms with E-state index in [-0.39, 0.29) is 0 Å². The zero-order chi connectivity index (χ0) is 13.2. The summed E-state index contributed by atoms with van der Waals surface area (Å²) in [4.78, 5) is 17.0. The van der Waals surface area contributed by atoms with Crippen LogP contribution < -0.4 is 5.73 Å². The van der Waals surface area contributed by atoms with Crippen LogP contribution in [0.5, 0.6) is 0 Å². The molecule has 1 fully saturated rings. The van der Waals surface area contributed by atoms with Crippen molar-refractivity contribution < 1.29 is 38.6 Å². The Balaban J connectivity index is 2.62. The van der Waals surface area contributed by atoms with Crippen LogP contribution in [0.1, 0.15) is 0 Å². The highest BCUT2D eigenvalue weighted by atomic mass is 31.2. The Kier molecular flexibility index (Phi) is 5.02. The van der Waals surface area contributed by atoms with Crippen LogP contribution in [0.4, 0.5) is 0 Å². The molecule has 0 aromatic carbocycles. The lowest BCUT2D eigenvalue weighted by Gasteiger charge is -2.40. The molecule has 5 atom stereocenters. The summed E-state index contributed by atoms with van der Waals surface area (Å²) in [5.74, 6) is 0. The van der Waals surface area contributed by atoms with Crippen molar-refractivity contribution in [2.24, 2.45) is 5.73 Å². The van der Waals surface area contributed by atoms with Gasteiger partial charge in [-0.2, -0.15) is 0 Å². The summed E-state index contributed by atoms with van der Waals surface area (Å²) in [7, 11) is -3.38. The van der Waals surface area contributed by atoms with E-state index in [0.29, 0.717) is 0 Å². The van der Waals surface area contributed by atoms with Gasteiger partial charge in [0.15, 0.2) is 6.29 Å². The molecule has 0 aliphatic carbocycles. The molecule has 1 saturated heterocycles. The zero-order valence-corrected chi connectivity index (χ0v) is 9.93. The van der Waals surface area contributed by atoms with E-state index in [1.165, 1.54) is 7.11 Å². The second-order valence-electron chi connectivity index (χ2n) is 3.62. The third-order valence-corrected chi connectivity index (χ3v) is 2.87. The predicted octanol–water partition coefficient (Wildman–Crippen LogP) is -2.48. The lowest BCUT2D eigenvalue weighted by Crippen LogP contribution is -2.62. The maximum atomic E-state index is 10.5. The zero-order valence-electron chi connectivity index (χ0n) is 9.04. The number of hydrogen-bond donors (Lipinski definition) is 5. The van der Waals surface area contributed by atoms with E-state index in [9.17, 15) is 14.8 Å².